The summed E-state index contributed by atoms with van der Waals surface area (Å²) < 4.78 is 36.8. The van der Waals surface area contributed by atoms with E-state index in [1.54, 1.807) is 18.2 Å². The number of ether oxygens (including phenoxy) is 2. The van der Waals surface area contributed by atoms with Gasteiger partial charge in [0, 0.05) is 37.4 Å². The summed E-state index contributed by atoms with van der Waals surface area (Å²) in [5.74, 6) is -0.775. The van der Waals surface area contributed by atoms with Gasteiger partial charge in [-0.1, -0.05) is 11.6 Å². The van der Waals surface area contributed by atoms with Gasteiger partial charge in [0.05, 0.1) is 21.5 Å². The Labute approximate surface area is 233 Å². The molecule has 1 aliphatic heterocycles. The van der Waals surface area contributed by atoms with Crippen LogP contribution in [0.3, 0.4) is 0 Å². The zero-order valence-corrected chi connectivity index (χ0v) is 22.6. The number of amides is 3. The number of nitrogens with one attached hydrogen (secondary N) is 2. The molecular formula is C26H29ClF2N4O5S. The van der Waals surface area contributed by atoms with Crippen LogP contribution in [0.25, 0.3) is 0 Å². The number of carbonyl (C=O) groups is 3. The summed E-state index contributed by atoms with van der Waals surface area (Å²) in [5.41, 5.74) is 0.414. The molecule has 3 aliphatic rings. The van der Waals surface area contributed by atoms with Gasteiger partial charge < -0.3 is 25.0 Å². The van der Waals surface area contributed by atoms with Crippen LogP contribution in [0.5, 0.6) is 5.75 Å². The normalized spacial score (nSPS) is 18.4. The molecule has 1 saturated heterocycles. The molecule has 3 fully saturated rings. The number of rotatable bonds is 12. The molecule has 0 radical (unpaired) electrons. The van der Waals surface area contributed by atoms with Gasteiger partial charge >= 0.3 is 6.61 Å². The van der Waals surface area contributed by atoms with Crippen LogP contribution >= 0.6 is 22.9 Å². The Morgan fingerprint density at radius 2 is 2.00 bits per heavy atom. The minimum Gasteiger partial charge on any atom is -0.433 e. The highest BCUT2D eigenvalue weighted by atomic mass is 35.5. The Bertz CT molecular complexity index is 1220. The van der Waals surface area contributed by atoms with Gasteiger partial charge in [-0.05, 0) is 55.9 Å². The van der Waals surface area contributed by atoms with Crippen molar-refractivity contribution in [1.82, 2.24) is 10.2 Å². The second kappa shape index (κ2) is 12.2. The van der Waals surface area contributed by atoms with Crippen LogP contribution in [0, 0.1) is 5.92 Å². The molecule has 2 N–H and O–H groups in total. The first-order valence-corrected chi connectivity index (χ1v) is 14.0. The molecule has 3 amide bonds. The Balaban J connectivity index is 1.35. The van der Waals surface area contributed by atoms with E-state index in [1.807, 2.05) is 0 Å². The van der Waals surface area contributed by atoms with E-state index >= 15 is 0 Å². The predicted octanol–water partition coefficient (Wildman–Crippen LogP) is 3.98. The first-order chi connectivity index (χ1) is 18.8. The molecule has 0 spiro atoms. The van der Waals surface area contributed by atoms with Crippen molar-refractivity contribution in [3.05, 3.63) is 39.5 Å². The van der Waals surface area contributed by atoms with Crippen molar-refractivity contribution in [2.24, 2.45) is 5.92 Å². The highest BCUT2D eigenvalue weighted by Gasteiger charge is 2.40. The van der Waals surface area contributed by atoms with E-state index in [-0.39, 0.29) is 67.2 Å². The number of hydrogen-bond acceptors (Lipinski definition) is 7. The molecule has 2 aliphatic carbocycles. The lowest BCUT2D eigenvalue weighted by atomic mass is 10.1. The van der Waals surface area contributed by atoms with E-state index in [4.69, 9.17) is 21.1 Å². The van der Waals surface area contributed by atoms with Crippen LogP contribution in [0.15, 0.2) is 30.3 Å². The number of halogens is 3. The van der Waals surface area contributed by atoms with Crippen LogP contribution in [0.2, 0.25) is 4.34 Å². The SMILES string of the molecule is O=C(NC[C@@H](C(=O)Nc1ccc(N2CCOCC2=O)c(OC(F)F)c1)N(CC1CC1)C1CC1)c1ccc(Cl)s1. The number of nitrogens with zero attached hydrogens (tertiary/aromatic N) is 2. The number of hydrogen-bond donors (Lipinski definition) is 2. The van der Waals surface area contributed by atoms with Crippen molar-refractivity contribution < 1.29 is 32.6 Å². The molecule has 1 atom stereocenters. The van der Waals surface area contributed by atoms with E-state index in [0.717, 1.165) is 43.6 Å². The van der Waals surface area contributed by atoms with Gasteiger partial charge in [-0.3, -0.25) is 19.3 Å². The minimum absolute atomic E-state index is 0.0736. The zero-order valence-electron chi connectivity index (χ0n) is 21.0. The topological polar surface area (TPSA) is 100 Å². The average molecular weight is 583 g/mol. The largest absolute Gasteiger partial charge is 0.433 e. The smallest absolute Gasteiger partial charge is 0.387 e. The summed E-state index contributed by atoms with van der Waals surface area (Å²) >= 11 is 7.12. The van der Waals surface area contributed by atoms with Gasteiger partial charge in [0.15, 0.2) is 5.75 Å². The highest BCUT2D eigenvalue weighted by molar-refractivity contribution is 7.18. The van der Waals surface area contributed by atoms with Crippen LogP contribution in [0.4, 0.5) is 20.2 Å². The summed E-state index contributed by atoms with van der Waals surface area (Å²) in [5, 5.41) is 5.68. The van der Waals surface area contributed by atoms with E-state index in [2.05, 4.69) is 15.5 Å². The fourth-order valence-electron chi connectivity index (χ4n) is 4.61. The van der Waals surface area contributed by atoms with Crippen molar-refractivity contribution in [3.63, 3.8) is 0 Å². The van der Waals surface area contributed by atoms with Gasteiger partial charge in [0.1, 0.15) is 12.6 Å². The molecule has 13 heteroatoms. The predicted molar refractivity (Wildman–Crippen MR) is 143 cm³/mol. The van der Waals surface area contributed by atoms with Crippen molar-refractivity contribution in [2.45, 2.75) is 44.4 Å². The maximum atomic E-state index is 13.6. The second-order valence-corrected chi connectivity index (χ2v) is 11.6. The molecule has 9 nitrogen and oxygen atoms in total. The van der Waals surface area contributed by atoms with Crippen molar-refractivity contribution in [3.8, 4) is 5.75 Å². The third-order valence-corrected chi connectivity index (χ3v) is 8.09. The first-order valence-electron chi connectivity index (χ1n) is 12.9. The number of carbonyl (C=O) groups excluding carboxylic acids is 3. The van der Waals surface area contributed by atoms with Crippen LogP contribution in [-0.4, -0.2) is 74.2 Å². The fourth-order valence-corrected chi connectivity index (χ4v) is 5.57. The first kappa shape index (κ1) is 27.8. The Morgan fingerprint density at radius 1 is 1.21 bits per heavy atom. The zero-order chi connectivity index (χ0) is 27.5. The minimum atomic E-state index is -3.12. The highest BCUT2D eigenvalue weighted by Crippen LogP contribution is 2.37. The lowest BCUT2D eigenvalue weighted by Crippen LogP contribution is -2.52. The Morgan fingerprint density at radius 3 is 2.64 bits per heavy atom. The Kier molecular flexibility index (Phi) is 8.65. The van der Waals surface area contributed by atoms with Crippen molar-refractivity contribution in [1.29, 1.82) is 0 Å². The van der Waals surface area contributed by atoms with E-state index in [0.29, 0.717) is 15.1 Å². The molecule has 1 aromatic heterocycles. The standard InChI is InChI=1S/C26H29ClF2N4O5S/c27-22-8-7-21(39-22)25(36)30-12-19(33(17-4-5-17)13-15-1-2-15)24(35)31-16-3-6-18(20(11-16)38-26(28)29)32-9-10-37-14-23(32)34/h3,6-8,11,15,17,19,26H,1-2,4-5,9-10,12-14H2,(H,30,36)(H,31,35)/t19-/m0/s1. The van der Waals surface area contributed by atoms with Crippen molar-refractivity contribution in [2.75, 3.05) is 43.1 Å². The molecule has 0 unspecified atom stereocenters. The fraction of sp³-hybridized carbons (Fsp3) is 0.500. The maximum Gasteiger partial charge on any atom is 0.387 e. The summed E-state index contributed by atoms with van der Waals surface area (Å²) in [4.78, 5) is 42.5. The van der Waals surface area contributed by atoms with Gasteiger partial charge in [-0.2, -0.15) is 8.78 Å². The number of benzene rings is 1. The van der Waals surface area contributed by atoms with Gasteiger partial charge in [-0.25, -0.2) is 0 Å². The lowest BCUT2D eigenvalue weighted by molar-refractivity contribution is -0.126. The van der Waals surface area contributed by atoms with E-state index in [9.17, 15) is 23.2 Å². The quantitative estimate of drug-likeness (QED) is 0.393. The summed E-state index contributed by atoms with van der Waals surface area (Å²) in [6, 6.07) is 7.15. The van der Waals surface area contributed by atoms with Crippen LogP contribution in [0.1, 0.15) is 35.4 Å². The van der Waals surface area contributed by atoms with E-state index < -0.39 is 12.7 Å². The third-order valence-electron chi connectivity index (χ3n) is 6.86. The summed E-state index contributed by atoms with van der Waals surface area (Å²) in [6.07, 6.45) is 4.15. The molecule has 39 heavy (non-hydrogen) atoms. The van der Waals surface area contributed by atoms with Crippen LogP contribution < -0.4 is 20.3 Å². The number of anilines is 2. The molecule has 1 aromatic carbocycles. The van der Waals surface area contributed by atoms with Crippen molar-refractivity contribution >= 4 is 52.0 Å². The molecule has 5 rings (SSSR count). The van der Waals surface area contributed by atoms with Gasteiger partial charge in [-0.15, -0.1) is 11.3 Å². The van der Waals surface area contributed by atoms with Crippen LogP contribution in [-0.2, 0) is 14.3 Å². The molecular weight excluding hydrogens is 554 g/mol. The van der Waals surface area contributed by atoms with Gasteiger partial charge in [0.25, 0.3) is 11.8 Å². The molecule has 210 valence electrons. The molecule has 2 heterocycles. The maximum absolute atomic E-state index is 13.6. The monoisotopic (exact) mass is 582 g/mol. The third kappa shape index (κ3) is 7.24. The second-order valence-electron chi connectivity index (χ2n) is 9.85. The number of morpholine rings is 1. The molecule has 0 bridgehead atoms. The summed E-state index contributed by atoms with van der Waals surface area (Å²) in [7, 11) is 0. The average Bonchev–Trinajstić information content (AvgIpc) is 3.83. The summed E-state index contributed by atoms with van der Waals surface area (Å²) in [6.45, 7) is -2.00. The van der Waals surface area contributed by atoms with Gasteiger partial charge in [0.2, 0.25) is 5.91 Å². The van der Waals surface area contributed by atoms with E-state index in [1.165, 1.54) is 17.0 Å². The number of alkyl halides is 2. The lowest BCUT2D eigenvalue weighted by Gasteiger charge is -2.31. The molecule has 2 aromatic rings. The Hall–Kier alpha value is -2.80. The molecule has 2 saturated carbocycles. The number of thiophene rings is 1.